The highest BCUT2D eigenvalue weighted by Gasteiger charge is 2.28. The largest absolute Gasteiger partial charge is 0.349 e. The van der Waals surface area contributed by atoms with Crippen LogP contribution in [0, 0.1) is 5.92 Å². The molecule has 0 saturated carbocycles. The third-order valence-electron chi connectivity index (χ3n) is 3.48. The molecular formula is C13H28N2O. The Balaban J connectivity index is 4.40. The summed E-state index contributed by atoms with van der Waals surface area (Å²) < 4.78 is 0. The molecule has 0 aromatic rings. The Morgan fingerprint density at radius 3 is 1.94 bits per heavy atom. The van der Waals surface area contributed by atoms with Gasteiger partial charge in [-0.25, -0.2) is 0 Å². The zero-order chi connectivity index (χ0) is 12.8. The molecule has 0 spiro atoms. The Bertz CT molecular complexity index is 202. The third-order valence-corrected chi connectivity index (χ3v) is 3.48. The highest BCUT2D eigenvalue weighted by molar-refractivity contribution is 5.82. The maximum atomic E-state index is 11.9. The van der Waals surface area contributed by atoms with Gasteiger partial charge in [-0.15, -0.1) is 0 Å². The first-order valence-corrected chi connectivity index (χ1v) is 6.48. The molecule has 96 valence electrons. The zero-order valence-corrected chi connectivity index (χ0v) is 11.5. The zero-order valence-electron chi connectivity index (χ0n) is 11.5. The van der Waals surface area contributed by atoms with Gasteiger partial charge in [0.05, 0.1) is 6.04 Å². The normalized spacial score (nSPS) is 13.9. The van der Waals surface area contributed by atoms with Crippen LogP contribution >= 0.6 is 0 Å². The van der Waals surface area contributed by atoms with Crippen LogP contribution in [0.25, 0.3) is 0 Å². The summed E-state index contributed by atoms with van der Waals surface area (Å²) in [5, 5.41) is 3.12. The van der Waals surface area contributed by atoms with Crippen LogP contribution in [0.1, 0.15) is 60.3 Å². The summed E-state index contributed by atoms with van der Waals surface area (Å²) in [6.07, 6.45) is 3.62. The van der Waals surface area contributed by atoms with Crippen molar-refractivity contribution in [1.82, 2.24) is 5.32 Å². The quantitative estimate of drug-likeness (QED) is 0.703. The molecule has 0 aromatic heterocycles. The van der Waals surface area contributed by atoms with Crippen molar-refractivity contribution in [2.45, 2.75) is 71.9 Å². The van der Waals surface area contributed by atoms with E-state index >= 15 is 0 Å². The van der Waals surface area contributed by atoms with Crippen LogP contribution in [0.2, 0.25) is 0 Å². The van der Waals surface area contributed by atoms with Gasteiger partial charge in [0, 0.05) is 5.54 Å². The molecular weight excluding hydrogens is 200 g/mol. The van der Waals surface area contributed by atoms with Crippen LogP contribution in [0.4, 0.5) is 0 Å². The predicted molar refractivity (Wildman–Crippen MR) is 69.2 cm³/mol. The SMILES string of the molecule is CCC(CC)(CC)NC(=O)[C@@H](N)CC(C)C. The summed E-state index contributed by atoms with van der Waals surface area (Å²) in [4.78, 5) is 11.9. The summed E-state index contributed by atoms with van der Waals surface area (Å²) in [6.45, 7) is 10.5. The maximum absolute atomic E-state index is 11.9. The van der Waals surface area contributed by atoms with E-state index in [2.05, 4.69) is 39.9 Å². The first kappa shape index (κ1) is 15.4. The van der Waals surface area contributed by atoms with Crippen LogP contribution in [0.5, 0.6) is 0 Å². The molecule has 0 aromatic carbocycles. The van der Waals surface area contributed by atoms with E-state index in [1.54, 1.807) is 0 Å². The van der Waals surface area contributed by atoms with Crippen molar-refractivity contribution in [3.05, 3.63) is 0 Å². The van der Waals surface area contributed by atoms with Gasteiger partial charge < -0.3 is 11.1 Å². The number of carbonyl (C=O) groups is 1. The summed E-state index contributed by atoms with van der Waals surface area (Å²) in [5.41, 5.74) is 5.81. The molecule has 3 heteroatoms. The average Bonchev–Trinajstić information content (AvgIpc) is 2.25. The number of nitrogens with one attached hydrogen (secondary N) is 1. The molecule has 0 aliphatic heterocycles. The molecule has 16 heavy (non-hydrogen) atoms. The minimum Gasteiger partial charge on any atom is -0.349 e. The van der Waals surface area contributed by atoms with Crippen molar-refractivity contribution in [2.75, 3.05) is 0 Å². The van der Waals surface area contributed by atoms with Gasteiger partial charge in [0.15, 0.2) is 0 Å². The molecule has 0 unspecified atom stereocenters. The second-order valence-electron chi connectivity index (χ2n) is 5.07. The highest BCUT2D eigenvalue weighted by atomic mass is 16.2. The van der Waals surface area contributed by atoms with Crippen LogP contribution in [-0.4, -0.2) is 17.5 Å². The van der Waals surface area contributed by atoms with E-state index in [1.165, 1.54) is 0 Å². The number of amides is 1. The second-order valence-corrected chi connectivity index (χ2v) is 5.07. The Hall–Kier alpha value is -0.570. The Morgan fingerprint density at radius 2 is 1.62 bits per heavy atom. The first-order chi connectivity index (χ1) is 7.40. The average molecular weight is 228 g/mol. The van der Waals surface area contributed by atoms with Gasteiger partial charge in [0.1, 0.15) is 0 Å². The monoisotopic (exact) mass is 228 g/mol. The fourth-order valence-electron chi connectivity index (χ4n) is 1.98. The van der Waals surface area contributed by atoms with Gasteiger partial charge in [-0.3, -0.25) is 4.79 Å². The van der Waals surface area contributed by atoms with Crippen molar-refractivity contribution < 1.29 is 4.79 Å². The Kier molecular flexibility index (Phi) is 6.65. The van der Waals surface area contributed by atoms with E-state index in [1.807, 2.05) is 0 Å². The highest BCUT2D eigenvalue weighted by Crippen LogP contribution is 2.19. The van der Waals surface area contributed by atoms with Gasteiger partial charge in [-0.05, 0) is 31.6 Å². The molecule has 3 N–H and O–H groups in total. The van der Waals surface area contributed by atoms with E-state index in [0.29, 0.717) is 5.92 Å². The number of hydrogen-bond acceptors (Lipinski definition) is 2. The molecule has 1 atom stereocenters. The lowest BCUT2D eigenvalue weighted by atomic mass is 9.89. The topological polar surface area (TPSA) is 55.1 Å². The van der Waals surface area contributed by atoms with E-state index in [-0.39, 0.29) is 17.5 Å². The Morgan fingerprint density at radius 1 is 1.19 bits per heavy atom. The summed E-state index contributed by atoms with van der Waals surface area (Å²) in [7, 11) is 0. The molecule has 0 aliphatic carbocycles. The van der Waals surface area contributed by atoms with Crippen LogP contribution < -0.4 is 11.1 Å². The third kappa shape index (κ3) is 4.52. The number of rotatable bonds is 7. The number of hydrogen-bond donors (Lipinski definition) is 2. The summed E-state index contributed by atoms with van der Waals surface area (Å²) in [5.74, 6) is 0.458. The number of nitrogens with two attached hydrogens (primary N) is 1. The van der Waals surface area contributed by atoms with Crippen LogP contribution in [0.15, 0.2) is 0 Å². The standard InChI is InChI=1S/C13H28N2O/c1-6-13(7-2,8-3)15-12(16)11(14)9-10(4)5/h10-11H,6-9,14H2,1-5H3,(H,15,16)/t11-/m0/s1. The van der Waals surface area contributed by atoms with Crippen molar-refractivity contribution in [3.63, 3.8) is 0 Å². The van der Waals surface area contributed by atoms with Crippen LogP contribution in [0.3, 0.4) is 0 Å². The molecule has 0 rings (SSSR count). The van der Waals surface area contributed by atoms with Crippen molar-refractivity contribution in [2.24, 2.45) is 11.7 Å². The van der Waals surface area contributed by atoms with E-state index < -0.39 is 0 Å². The molecule has 0 radical (unpaired) electrons. The van der Waals surface area contributed by atoms with E-state index in [0.717, 1.165) is 25.7 Å². The van der Waals surface area contributed by atoms with Gasteiger partial charge in [0.2, 0.25) is 5.91 Å². The van der Waals surface area contributed by atoms with E-state index in [9.17, 15) is 4.79 Å². The Labute approximate surface area is 100 Å². The van der Waals surface area contributed by atoms with Crippen molar-refractivity contribution >= 4 is 5.91 Å². The fraction of sp³-hybridized carbons (Fsp3) is 0.923. The predicted octanol–water partition coefficient (Wildman–Crippen LogP) is 2.44. The summed E-state index contributed by atoms with van der Waals surface area (Å²) in [6, 6.07) is -0.371. The smallest absolute Gasteiger partial charge is 0.237 e. The minimum absolute atomic E-state index is 0.000694. The minimum atomic E-state index is -0.371. The van der Waals surface area contributed by atoms with Gasteiger partial charge in [-0.2, -0.15) is 0 Å². The molecule has 0 aliphatic rings. The molecule has 0 heterocycles. The van der Waals surface area contributed by atoms with E-state index in [4.69, 9.17) is 5.73 Å². The first-order valence-electron chi connectivity index (χ1n) is 6.48. The van der Waals surface area contributed by atoms with Gasteiger partial charge in [0.25, 0.3) is 0 Å². The van der Waals surface area contributed by atoms with Crippen LogP contribution in [-0.2, 0) is 4.79 Å². The lowest BCUT2D eigenvalue weighted by Crippen LogP contribution is -2.53. The lowest BCUT2D eigenvalue weighted by Gasteiger charge is -2.33. The van der Waals surface area contributed by atoms with Crippen molar-refractivity contribution in [1.29, 1.82) is 0 Å². The molecule has 1 amide bonds. The van der Waals surface area contributed by atoms with Gasteiger partial charge >= 0.3 is 0 Å². The molecule has 0 fully saturated rings. The fourth-order valence-corrected chi connectivity index (χ4v) is 1.98. The van der Waals surface area contributed by atoms with Crippen molar-refractivity contribution in [3.8, 4) is 0 Å². The number of carbonyl (C=O) groups excluding carboxylic acids is 1. The molecule has 0 saturated heterocycles. The molecule has 0 bridgehead atoms. The lowest BCUT2D eigenvalue weighted by molar-refractivity contribution is -0.124. The maximum Gasteiger partial charge on any atom is 0.237 e. The molecule has 3 nitrogen and oxygen atoms in total. The summed E-state index contributed by atoms with van der Waals surface area (Å²) >= 11 is 0. The second kappa shape index (κ2) is 6.89. The van der Waals surface area contributed by atoms with Gasteiger partial charge in [-0.1, -0.05) is 34.6 Å².